The van der Waals surface area contributed by atoms with Gasteiger partial charge in [0.1, 0.15) is 35.9 Å². The standard InChI is InChI=1S/C27H26F2N6O2/c1-17(20-13-30-24(12-28)31-14-20)34-27-22-10-19(18-4-6-21(29)7-5-18)11-23(26(22)32-16-33-27)37-15-25(36)35-8-2-3-9-35/h4-7,10-11,13-14,16-17H,2-3,8-9,12,15H2,1H3,(H,32,33,34)/t17-/m1/s1. The van der Waals surface area contributed by atoms with Gasteiger partial charge in [-0.3, -0.25) is 4.79 Å². The number of aromatic nitrogens is 4. The number of alkyl halides is 1. The number of carbonyl (C=O) groups is 1. The van der Waals surface area contributed by atoms with Crippen LogP contribution in [0.2, 0.25) is 0 Å². The van der Waals surface area contributed by atoms with E-state index in [1.165, 1.54) is 18.5 Å². The Bertz CT molecular complexity index is 1390. The van der Waals surface area contributed by atoms with E-state index < -0.39 is 6.67 Å². The monoisotopic (exact) mass is 504 g/mol. The number of nitrogens with zero attached hydrogens (tertiary/aromatic N) is 5. The van der Waals surface area contributed by atoms with Crippen LogP contribution in [0.15, 0.2) is 55.1 Å². The zero-order valence-corrected chi connectivity index (χ0v) is 20.3. The normalized spacial score (nSPS) is 14.1. The molecule has 3 heterocycles. The molecule has 8 nitrogen and oxygen atoms in total. The number of likely N-dealkylation sites (tertiary alicyclic amines) is 1. The molecular weight excluding hydrogens is 478 g/mol. The maximum Gasteiger partial charge on any atom is 0.260 e. The van der Waals surface area contributed by atoms with E-state index in [-0.39, 0.29) is 30.2 Å². The first kappa shape index (κ1) is 24.5. The first-order valence-corrected chi connectivity index (χ1v) is 12.1. The lowest BCUT2D eigenvalue weighted by Crippen LogP contribution is -2.32. The average molecular weight is 505 g/mol. The van der Waals surface area contributed by atoms with Gasteiger partial charge in [0, 0.05) is 36.4 Å². The van der Waals surface area contributed by atoms with Crippen LogP contribution in [0.5, 0.6) is 5.75 Å². The van der Waals surface area contributed by atoms with E-state index in [1.54, 1.807) is 35.5 Å². The number of anilines is 1. The molecule has 1 aliphatic heterocycles. The topological polar surface area (TPSA) is 93.1 Å². The lowest BCUT2D eigenvalue weighted by atomic mass is 10.0. The van der Waals surface area contributed by atoms with E-state index >= 15 is 0 Å². The Morgan fingerprint density at radius 2 is 1.78 bits per heavy atom. The molecule has 37 heavy (non-hydrogen) atoms. The van der Waals surface area contributed by atoms with Crippen LogP contribution < -0.4 is 10.1 Å². The van der Waals surface area contributed by atoms with Crippen molar-refractivity contribution >= 4 is 22.6 Å². The van der Waals surface area contributed by atoms with Gasteiger partial charge in [-0.15, -0.1) is 0 Å². The summed E-state index contributed by atoms with van der Waals surface area (Å²) >= 11 is 0. The predicted octanol–water partition coefficient (Wildman–Crippen LogP) is 4.87. The number of amides is 1. The summed E-state index contributed by atoms with van der Waals surface area (Å²) in [5.41, 5.74) is 2.83. The molecule has 1 atom stereocenters. The predicted molar refractivity (Wildman–Crippen MR) is 135 cm³/mol. The van der Waals surface area contributed by atoms with Gasteiger partial charge < -0.3 is 15.0 Å². The maximum atomic E-state index is 13.6. The third kappa shape index (κ3) is 5.47. The Kier molecular flexibility index (Phi) is 7.16. The van der Waals surface area contributed by atoms with Crippen molar-refractivity contribution in [2.24, 2.45) is 0 Å². The van der Waals surface area contributed by atoms with Gasteiger partial charge in [0.2, 0.25) is 0 Å². The molecule has 0 bridgehead atoms. The van der Waals surface area contributed by atoms with E-state index in [4.69, 9.17) is 4.74 Å². The molecule has 10 heteroatoms. The number of rotatable bonds is 8. The van der Waals surface area contributed by atoms with Crippen molar-refractivity contribution in [2.75, 3.05) is 25.0 Å². The summed E-state index contributed by atoms with van der Waals surface area (Å²) in [7, 11) is 0. The van der Waals surface area contributed by atoms with Crippen LogP contribution in [-0.4, -0.2) is 50.4 Å². The summed E-state index contributed by atoms with van der Waals surface area (Å²) in [6, 6.07) is 9.59. The molecule has 1 saturated heterocycles. The van der Waals surface area contributed by atoms with Crippen molar-refractivity contribution in [3.8, 4) is 16.9 Å². The summed E-state index contributed by atoms with van der Waals surface area (Å²) < 4.78 is 32.4. The largest absolute Gasteiger partial charge is 0.481 e. The number of hydrogen-bond donors (Lipinski definition) is 1. The van der Waals surface area contributed by atoms with Crippen LogP contribution in [-0.2, 0) is 11.5 Å². The number of benzene rings is 2. The maximum absolute atomic E-state index is 13.6. The van der Waals surface area contributed by atoms with E-state index in [0.29, 0.717) is 22.5 Å². The van der Waals surface area contributed by atoms with Crippen LogP contribution in [0, 0.1) is 5.82 Å². The van der Waals surface area contributed by atoms with Gasteiger partial charge in [0.25, 0.3) is 5.91 Å². The van der Waals surface area contributed by atoms with Gasteiger partial charge >= 0.3 is 0 Å². The van der Waals surface area contributed by atoms with E-state index in [9.17, 15) is 13.6 Å². The van der Waals surface area contributed by atoms with E-state index in [2.05, 4.69) is 25.3 Å². The molecular formula is C27H26F2N6O2. The number of hydrogen-bond acceptors (Lipinski definition) is 7. The zero-order valence-electron chi connectivity index (χ0n) is 20.3. The highest BCUT2D eigenvalue weighted by Crippen LogP contribution is 2.35. The quantitative estimate of drug-likeness (QED) is 0.366. The summed E-state index contributed by atoms with van der Waals surface area (Å²) in [6.45, 7) is 2.56. The molecule has 1 amide bonds. The summed E-state index contributed by atoms with van der Waals surface area (Å²) in [6.07, 6.45) is 6.57. The molecule has 0 saturated carbocycles. The second-order valence-electron chi connectivity index (χ2n) is 8.91. The Morgan fingerprint density at radius 3 is 2.49 bits per heavy atom. The molecule has 5 rings (SSSR count). The fraction of sp³-hybridized carbons (Fsp3) is 0.296. The number of ether oxygens (including phenoxy) is 1. The van der Waals surface area contributed by atoms with Crippen molar-refractivity contribution in [1.29, 1.82) is 0 Å². The summed E-state index contributed by atoms with van der Waals surface area (Å²) in [5, 5.41) is 4.02. The third-order valence-corrected chi connectivity index (χ3v) is 6.39. The van der Waals surface area contributed by atoms with Crippen LogP contribution in [0.4, 0.5) is 14.6 Å². The van der Waals surface area contributed by atoms with Crippen LogP contribution in [0.1, 0.15) is 37.2 Å². The second-order valence-corrected chi connectivity index (χ2v) is 8.91. The molecule has 0 aliphatic carbocycles. The first-order chi connectivity index (χ1) is 18.0. The van der Waals surface area contributed by atoms with E-state index in [0.717, 1.165) is 42.6 Å². The smallest absolute Gasteiger partial charge is 0.260 e. The van der Waals surface area contributed by atoms with Crippen molar-refractivity contribution in [3.63, 3.8) is 0 Å². The van der Waals surface area contributed by atoms with Gasteiger partial charge in [-0.25, -0.2) is 28.7 Å². The third-order valence-electron chi connectivity index (χ3n) is 6.39. The molecule has 0 unspecified atom stereocenters. The highest BCUT2D eigenvalue weighted by Gasteiger charge is 2.20. The SMILES string of the molecule is C[C@@H](Nc1ncnc2c(OCC(=O)N3CCCC3)cc(-c3ccc(F)cc3)cc12)c1cnc(CF)nc1. The molecule has 2 aromatic heterocycles. The van der Waals surface area contributed by atoms with Gasteiger partial charge in [-0.2, -0.15) is 0 Å². The second kappa shape index (κ2) is 10.8. The Balaban J connectivity index is 1.50. The molecule has 1 aliphatic rings. The highest BCUT2D eigenvalue weighted by atomic mass is 19.1. The van der Waals surface area contributed by atoms with Crippen molar-refractivity contribution in [3.05, 3.63) is 72.3 Å². The minimum absolute atomic E-state index is 0.0735. The first-order valence-electron chi connectivity index (χ1n) is 12.1. The number of carbonyl (C=O) groups excluding carboxylic acids is 1. The molecule has 0 radical (unpaired) electrons. The molecule has 4 aromatic rings. The number of nitrogens with one attached hydrogen (secondary N) is 1. The summed E-state index contributed by atoms with van der Waals surface area (Å²) in [4.78, 5) is 31.4. The minimum Gasteiger partial charge on any atom is -0.481 e. The molecule has 0 spiro atoms. The molecule has 2 aromatic carbocycles. The average Bonchev–Trinajstić information content (AvgIpc) is 3.47. The number of fused-ring (bicyclic) bond motifs is 1. The van der Waals surface area contributed by atoms with Gasteiger partial charge in [0.05, 0.1) is 6.04 Å². The molecule has 1 N–H and O–H groups in total. The zero-order chi connectivity index (χ0) is 25.8. The lowest BCUT2D eigenvalue weighted by molar-refractivity contribution is -0.132. The minimum atomic E-state index is -0.728. The van der Waals surface area contributed by atoms with Gasteiger partial charge in [0.15, 0.2) is 12.4 Å². The Morgan fingerprint density at radius 1 is 1.05 bits per heavy atom. The van der Waals surface area contributed by atoms with Crippen molar-refractivity contribution < 1.29 is 18.3 Å². The molecule has 1 fully saturated rings. The fourth-order valence-corrected chi connectivity index (χ4v) is 4.31. The van der Waals surface area contributed by atoms with Crippen LogP contribution in [0.25, 0.3) is 22.0 Å². The molecule has 190 valence electrons. The van der Waals surface area contributed by atoms with Crippen LogP contribution >= 0.6 is 0 Å². The van der Waals surface area contributed by atoms with Crippen molar-refractivity contribution in [1.82, 2.24) is 24.8 Å². The van der Waals surface area contributed by atoms with Gasteiger partial charge in [-0.1, -0.05) is 12.1 Å². The lowest BCUT2D eigenvalue weighted by Gasteiger charge is -2.19. The fourth-order valence-electron chi connectivity index (χ4n) is 4.31. The number of halogens is 2. The Labute approximate surface area is 212 Å². The highest BCUT2D eigenvalue weighted by molar-refractivity contribution is 5.97. The summed E-state index contributed by atoms with van der Waals surface area (Å²) in [5.74, 6) is 0.677. The van der Waals surface area contributed by atoms with E-state index in [1.807, 2.05) is 13.0 Å². The van der Waals surface area contributed by atoms with Crippen molar-refractivity contribution in [2.45, 2.75) is 32.5 Å². The Hall–Kier alpha value is -4.21. The van der Waals surface area contributed by atoms with Gasteiger partial charge in [-0.05, 0) is 55.2 Å². The van der Waals surface area contributed by atoms with Crippen LogP contribution in [0.3, 0.4) is 0 Å².